The minimum Gasteiger partial charge on any atom is -0.494 e. The van der Waals surface area contributed by atoms with Gasteiger partial charge >= 0.3 is 12.1 Å². The van der Waals surface area contributed by atoms with Gasteiger partial charge in [-0.3, -0.25) is 34.4 Å². The summed E-state index contributed by atoms with van der Waals surface area (Å²) in [6, 6.07) is 9.47. The number of rotatable bonds is 16. The van der Waals surface area contributed by atoms with Crippen LogP contribution in [0, 0.1) is 31.6 Å². The second-order valence-corrected chi connectivity index (χ2v) is 17.3. The van der Waals surface area contributed by atoms with Crippen LogP contribution in [-0.4, -0.2) is 113 Å². The zero-order chi connectivity index (χ0) is 49.7. The minimum atomic E-state index is -0.714. The highest BCUT2D eigenvalue weighted by Gasteiger charge is 2.33. The molecule has 1 saturated heterocycles. The monoisotopic (exact) mass is 944 g/mol. The Morgan fingerprint density at radius 1 is 0.768 bits per heavy atom. The number of aromatic nitrogens is 8. The maximum Gasteiger partial charge on any atom is 0.410 e. The lowest BCUT2D eigenvalue weighted by Gasteiger charge is -2.39. The normalized spacial score (nSPS) is 12.7. The number of amides is 4. The number of nitrogens with zero attached hydrogens (tertiary/aromatic N) is 9. The molecule has 4 aromatic heterocycles. The van der Waals surface area contributed by atoms with Gasteiger partial charge in [-0.1, -0.05) is 24.0 Å². The minimum absolute atomic E-state index is 0.0577. The highest BCUT2D eigenvalue weighted by molar-refractivity contribution is 6.05. The van der Waals surface area contributed by atoms with E-state index in [0.717, 1.165) is 0 Å². The van der Waals surface area contributed by atoms with Gasteiger partial charge in [0.15, 0.2) is 0 Å². The van der Waals surface area contributed by atoms with Crippen molar-refractivity contribution in [3.8, 4) is 23.3 Å². The number of ether oxygens (including phenoxy) is 4. The number of hydrogen-bond acceptors (Lipinski definition) is 13. The van der Waals surface area contributed by atoms with E-state index in [0.29, 0.717) is 83.2 Å². The molecule has 1 aliphatic rings. The number of anilines is 2. The van der Waals surface area contributed by atoms with Gasteiger partial charge in [0.1, 0.15) is 46.1 Å². The summed E-state index contributed by atoms with van der Waals surface area (Å²) in [5.41, 5.74) is 9.10. The predicted molar refractivity (Wildman–Crippen MR) is 255 cm³/mol. The molecule has 0 aliphatic carbocycles. The number of imidazole rings is 2. The second kappa shape index (κ2) is 20.4. The first-order valence-electron chi connectivity index (χ1n) is 22.3. The molecule has 1 aliphatic heterocycles. The third-order valence-electron chi connectivity index (χ3n) is 11.0. The van der Waals surface area contributed by atoms with E-state index < -0.39 is 29.3 Å². The molecule has 362 valence electrons. The van der Waals surface area contributed by atoms with E-state index in [4.69, 9.17) is 34.6 Å². The molecule has 0 spiro atoms. The summed E-state index contributed by atoms with van der Waals surface area (Å²) in [4.78, 5) is 76.4. The Bertz CT molecular complexity index is 3060. The SMILES string of the molecule is CCn1nc(C)cc1C(=O)Nc1nc2cc(C(=O)OC)cc(OC)c2n1C/C=C/Cn1c(NC(=O)c2cc(C)nn2CC)nc2cc(C(N)=O)cc(OCC#CCC3CN(C(=O)OC(C)(C)C)C3)c21. The molecule has 5 heterocycles. The van der Waals surface area contributed by atoms with Gasteiger partial charge in [0, 0.05) is 57.2 Å². The zero-order valence-electron chi connectivity index (χ0n) is 40.1. The van der Waals surface area contributed by atoms with Crippen molar-refractivity contribution < 1.29 is 42.9 Å². The fourth-order valence-corrected chi connectivity index (χ4v) is 7.84. The van der Waals surface area contributed by atoms with Gasteiger partial charge in [0.25, 0.3) is 11.8 Å². The number of aryl methyl sites for hydroxylation is 4. The average molecular weight is 945 g/mol. The Kier molecular flexibility index (Phi) is 14.4. The number of primary amides is 1. The van der Waals surface area contributed by atoms with Gasteiger partial charge in [-0.25, -0.2) is 19.6 Å². The van der Waals surface area contributed by atoms with E-state index >= 15 is 0 Å². The largest absolute Gasteiger partial charge is 0.494 e. The molecule has 4 N–H and O–H groups in total. The number of nitrogens with one attached hydrogen (secondary N) is 2. The van der Waals surface area contributed by atoms with Crippen LogP contribution in [0.4, 0.5) is 16.7 Å². The van der Waals surface area contributed by atoms with Gasteiger partial charge in [-0.05, 0) is 84.9 Å². The fraction of sp³-hybridized carbons (Fsp3) is 0.396. The standard InChI is InChI=1S/C48H56N12O9/c1-10-59-35(20-28(3)54-59)42(62)52-45-51-34-23-32(44(64)67-9)25-37(66-8)39(34)57(45)17-13-14-18-58-40-33(50-46(58)53-43(63)36-21-29(4)55-60(36)11-2)22-31(41(49)61)24-38(40)68-19-15-12-16-30-26-56(27-30)47(65)69-48(5,6)7/h13-14,20-25,30H,10-11,16-19,26-27H2,1-9H3,(H2,49,61)(H,50,53,63)(H,51,52,62)/b14-13+. The van der Waals surface area contributed by atoms with Crippen LogP contribution in [0.2, 0.25) is 0 Å². The highest BCUT2D eigenvalue weighted by atomic mass is 16.6. The first-order valence-corrected chi connectivity index (χ1v) is 22.3. The molecule has 7 rings (SSSR count). The van der Waals surface area contributed by atoms with Crippen LogP contribution < -0.4 is 25.8 Å². The number of carbonyl (C=O) groups is 5. The number of nitrogens with two attached hydrogens (primary N) is 1. The third kappa shape index (κ3) is 10.9. The Balaban J connectivity index is 1.21. The van der Waals surface area contributed by atoms with Crippen LogP contribution >= 0.6 is 0 Å². The van der Waals surface area contributed by atoms with Crippen molar-refractivity contribution in [3.63, 3.8) is 0 Å². The summed E-state index contributed by atoms with van der Waals surface area (Å²) in [5, 5.41) is 14.7. The second-order valence-electron chi connectivity index (χ2n) is 17.3. The Morgan fingerprint density at radius 3 is 1.78 bits per heavy atom. The van der Waals surface area contributed by atoms with Gasteiger partial charge < -0.3 is 38.7 Å². The van der Waals surface area contributed by atoms with E-state index in [1.165, 1.54) is 32.4 Å². The highest BCUT2D eigenvalue weighted by Crippen LogP contribution is 2.33. The molecule has 2 aromatic carbocycles. The summed E-state index contributed by atoms with van der Waals surface area (Å²) >= 11 is 0. The Hall–Kier alpha value is -8.15. The smallest absolute Gasteiger partial charge is 0.410 e. The number of esters is 1. The third-order valence-corrected chi connectivity index (χ3v) is 11.0. The molecule has 0 saturated carbocycles. The van der Waals surface area contributed by atoms with Crippen molar-refractivity contribution in [1.29, 1.82) is 0 Å². The van der Waals surface area contributed by atoms with Crippen LogP contribution in [0.1, 0.15) is 94.1 Å². The van der Waals surface area contributed by atoms with E-state index in [1.807, 2.05) is 46.8 Å². The lowest BCUT2D eigenvalue weighted by atomic mass is 9.97. The van der Waals surface area contributed by atoms with E-state index in [9.17, 15) is 24.0 Å². The topological polar surface area (TPSA) is 247 Å². The van der Waals surface area contributed by atoms with Crippen molar-refractivity contribution in [2.45, 2.75) is 86.7 Å². The summed E-state index contributed by atoms with van der Waals surface area (Å²) in [6.45, 7) is 15.0. The number of allylic oxidation sites excluding steroid dienone is 2. The fourth-order valence-electron chi connectivity index (χ4n) is 7.84. The van der Waals surface area contributed by atoms with Crippen LogP contribution in [-0.2, 0) is 35.7 Å². The average Bonchev–Trinajstić information content (AvgIpc) is 4.06. The van der Waals surface area contributed by atoms with Crippen molar-refractivity contribution in [2.75, 3.05) is 44.5 Å². The zero-order valence-corrected chi connectivity index (χ0v) is 40.1. The van der Waals surface area contributed by atoms with Crippen LogP contribution in [0.5, 0.6) is 11.5 Å². The molecule has 21 heteroatoms. The van der Waals surface area contributed by atoms with Crippen LogP contribution in [0.3, 0.4) is 0 Å². The summed E-state index contributed by atoms with van der Waals surface area (Å²) in [7, 11) is 2.73. The van der Waals surface area contributed by atoms with Gasteiger partial charge in [-0.15, -0.1) is 0 Å². The number of carbonyl (C=O) groups excluding carboxylic acids is 5. The molecule has 0 radical (unpaired) electrons. The van der Waals surface area contributed by atoms with Crippen LogP contribution in [0.25, 0.3) is 22.1 Å². The maximum absolute atomic E-state index is 13.9. The number of hydrogen-bond donors (Lipinski definition) is 3. The van der Waals surface area contributed by atoms with E-state index in [2.05, 4.69) is 32.7 Å². The van der Waals surface area contributed by atoms with Crippen molar-refractivity contribution in [3.05, 3.63) is 82.5 Å². The maximum atomic E-state index is 13.9. The molecular formula is C48H56N12O9. The van der Waals surface area contributed by atoms with Gasteiger partial charge in [0.05, 0.1) is 42.2 Å². The predicted octanol–water partition coefficient (Wildman–Crippen LogP) is 5.73. The Morgan fingerprint density at radius 2 is 1.29 bits per heavy atom. The number of fused-ring (bicyclic) bond motifs is 2. The lowest BCUT2D eigenvalue weighted by Crippen LogP contribution is -2.51. The summed E-state index contributed by atoms with van der Waals surface area (Å²) in [6.07, 6.45) is 3.83. The molecule has 21 nitrogen and oxygen atoms in total. The molecular weight excluding hydrogens is 889 g/mol. The molecule has 4 amide bonds. The molecule has 6 aromatic rings. The molecule has 0 unspecified atom stereocenters. The molecule has 1 fully saturated rings. The first kappa shape index (κ1) is 48.8. The van der Waals surface area contributed by atoms with Crippen molar-refractivity contribution in [1.82, 2.24) is 43.6 Å². The van der Waals surface area contributed by atoms with Crippen molar-refractivity contribution >= 4 is 63.7 Å². The molecule has 69 heavy (non-hydrogen) atoms. The molecule has 0 bridgehead atoms. The van der Waals surface area contributed by atoms with Gasteiger partial charge in [-0.2, -0.15) is 10.2 Å². The number of benzene rings is 2. The van der Waals surface area contributed by atoms with E-state index in [-0.39, 0.29) is 60.5 Å². The first-order chi connectivity index (χ1) is 32.9. The molecule has 0 atom stereocenters. The number of likely N-dealkylation sites (tertiary alicyclic amines) is 1. The van der Waals surface area contributed by atoms with Crippen LogP contribution in [0.15, 0.2) is 48.6 Å². The van der Waals surface area contributed by atoms with Crippen molar-refractivity contribution in [2.24, 2.45) is 11.7 Å². The lowest BCUT2D eigenvalue weighted by molar-refractivity contribution is -0.000279. The summed E-state index contributed by atoms with van der Waals surface area (Å²) in [5.74, 6) is 4.98. The van der Waals surface area contributed by atoms with Gasteiger partial charge in [0.2, 0.25) is 17.8 Å². The quantitative estimate of drug-likeness (QED) is 0.0597. The number of methoxy groups -OCH3 is 2. The Labute approximate surface area is 397 Å². The van der Waals surface area contributed by atoms with E-state index in [1.54, 1.807) is 55.4 Å². The summed E-state index contributed by atoms with van der Waals surface area (Å²) < 4.78 is 29.0.